The summed E-state index contributed by atoms with van der Waals surface area (Å²) in [6, 6.07) is 6.98. The van der Waals surface area contributed by atoms with Gasteiger partial charge in [-0.1, -0.05) is 65.0 Å². The number of aliphatic imine (C=N–C) groups is 1. The summed E-state index contributed by atoms with van der Waals surface area (Å²) in [6.45, 7) is 13.1. The number of benzene rings is 1. The Balaban J connectivity index is 2.11. The van der Waals surface area contributed by atoms with Gasteiger partial charge < -0.3 is 62.4 Å². The second-order valence-corrected chi connectivity index (χ2v) is 17.7. The number of aromatic nitrogens is 2. The molecular formula is C49H82N10O10. The molecule has 1 aromatic heterocycles. The van der Waals surface area contributed by atoms with Crippen LogP contribution in [0.25, 0.3) is 0 Å². The average molecular weight is 971 g/mol. The molecule has 11 N–H and O–H groups in total. The largest absolute Gasteiger partial charge is 0.378 e. The molecule has 0 aliphatic carbocycles. The minimum atomic E-state index is -1.03. The van der Waals surface area contributed by atoms with Gasteiger partial charge in [0.2, 0.25) is 17.7 Å². The number of imidazole rings is 1. The van der Waals surface area contributed by atoms with E-state index >= 15 is 0 Å². The molecule has 0 aliphatic rings. The van der Waals surface area contributed by atoms with Crippen LogP contribution in [-0.2, 0) is 60.6 Å². The number of hydrogen-bond acceptors (Lipinski definition) is 14. The molecule has 0 bridgehead atoms. The molecule has 1 heterocycles. The Bertz CT molecular complexity index is 1790. The van der Waals surface area contributed by atoms with Crippen molar-refractivity contribution in [3.8, 4) is 0 Å². The summed E-state index contributed by atoms with van der Waals surface area (Å²) in [5.41, 5.74) is 18.3. The number of nitrogens with two attached hydrogens (primary N) is 3. The summed E-state index contributed by atoms with van der Waals surface area (Å²) in [5, 5.41) is 11.9. The molecule has 0 unspecified atom stereocenters. The lowest BCUT2D eigenvalue weighted by Gasteiger charge is -2.27. The maximum absolute atomic E-state index is 14.2. The molecule has 20 heteroatoms. The number of nitrogens with zero attached hydrogens (tertiary/aromatic N) is 2. The Labute approximate surface area is 408 Å². The van der Waals surface area contributed by atoms with E-state index in [1.165, 1.54) is 6.33 Å². The molecule has 20 nitrogen and oxygen atoms in total. The van der Waals surface area contributed by atoms with Crippen LogP contribution >= 0.6 is 0 Å². The third kappa shape index (κ3) is 27.0. The van der Waals surface area contributed by atoms with Crippen LogP contribution in [0.1, 0.15) is 97.2 Å². The molecule has 0 spiro atoms. The second-order valence-electron chi connectivity index (χ2n) is 17.7. The maximum atomic E-state index is 14.2. The van der Waals surface area contributed by atoms with E-state index in [1.807, 2.05) is 30.3 Å². The number of rotatable bonds is 41. The summed E-state index contributed by atoms with van der Waals surface area (Å²) in [7, 11) is 0. The summed E-state index contributed by atoms with van der Waals surface area (Å²) in [6.07, 6.45) is 5.11. The van der Waals surface area contributed by atoms with Gasteiger partial charge >= 0.3 is 0 Å². The van der Waals surface area contributed by atoms with Crippen LogP contribution in [0.15, 0.2) is 47.8 Å². The first-order valence-corrected chi connectivity index (χ1v) is 24.4. The SMILES string of the molecule is CCC(=O)[C@H](Cc1ccccc1)NC(=O)[C@@H](CC(=O)[C@@H](NC(=O)[C@H](CCCN=C(N)N)CC(=O)[C@H](CCCCN)NC(=O)COCCOCCOCCOCCNC(C)C)C(C)C)Cc1cnc[nH]1. The molecule has 388 valence electrons. The van der Waals surface area contributed by atoms with Crippen molar-refractivity contribution in [3.63, 3.8) is 0 Å². The highest BCUT2D eigenvalue weighted by Crippen LogP contribution is 2.20. The normalized spacial score (nSPS) is 13.6. The molecule has 0 fully saturated rings. The highest BCUT2D eigenvalue weighted by atomic mass is 16.6. The summed E-state index contributed by atoms with van der Waals surface area (Å²) in [5.74, 6) is -4.83. The van der Waals surface area contributed by atoms with Crippen molar-refractivity contribution in [3.05, 3.63) is 54.1 Å². The predicted octanol–water partition coefficient (Wildman–Crippen LogP) is 1.68. The number of ether oxygens (including phenoxy) is 4. The highest BCUT2D eigenvalue weighted by molar-refractivity contribution is 5.96. The van der Waals surface area contributed by atoms with E-state index in [-0.39, 0.29) is 88.8 Å². The van der Waals surface area contributed by atoms with Gasteiger partial charge in [-0.3, -0.25) is 33.8 Å². The molecule has 0 saturated heterocycles. The summed E-state index contributed by atoms with van der Waals surface area (Å²) in [4.78, 5) is 93.7. The Kier molecular flexibility index (Phi) is 31.2. The number of ketones is 3. The molecule has 0 radical (unpaired) electrons. The zero-order chi connectivity index (χ0) is 50.8. The van der Waals surface area contributed by atoms with E-state index in [9.17, 15) is 28.8 Å². The molecule has 5 atom stereocenters. The number of carbonyl (C=O) groups is 6. The van der Waals surface area contributed by atoms with Gasteiger partial charge in [-0.2, -0.15) is 0 Å². The van der Waals surface area contributed by atoms with Crippen LogP contribution in [0.2, 0.25) is 0 Å². The van der Waals surface area contributed by atoms with Gasteiger partial charge in [0.15, 0.2) is 23.3 Å². The highest BCUT2D eigenvalue weighted by Gasteiger charge is 2.34. The van der Waals surface area contributed by atoms with E-state index in [2.05, 4.69) is 50.1 Å². The van der Waals surface area contributed by atoms with Crippen LogP contribution < -0.4 is 38.5 Å². The smallest absolute Gasteiger partial charge is 0.246 e. The standard InChI is InChI=1S/C49H82N10O10/c1-6-42(60)41(27-36-13-8-7-9-14-36)58-48(65)38(28-39-31-53-33-56-39)30-44(62)46(34(2)3)59-47(64)37(15-12-18-55-49(51)52)29-43(61)40(16-10-11-17-50)57-45(63)32-69-26-25-68-24-23-67-22-21-66-20-19-54-35(4)5/h7-9,13-14,31,33-35,37-38,40-41,46,54H,6,10-12,15-30,32,50H2,1-5H3,(H,53,56)(H,57,63)(H,58,65)(H,59,64)(H4,51,52,55)/t37-,38-,40+,41+,46+/m1/s1. The van der Waals surface area contributed by atoms with Gasteiger partial charge in [0.05, 0.1) is 76.6 Å². The van der Waals surface area contributed by atoms with Gasteiger partial charge in [-0.05, 0) is 56.6 Å². The van der Waals surface area contributed by atoms with Crippen molar-refractivity contribution in [2.45, 2.75) is 123 Å². The number of amides is 3. The third-order valence-corrected chi connectivity index (χ3v) is 11.1. The van der Waals surface area contributed by atoms with Crippen molar-refractivity contribution < 1.29 is 47.7 Å². The fraction of sp³-hybridized carbons (Fsp3) is 0.673. The zero-order valence-corrected chi connectivity index (χ0v) is 41.6. The van der Waals surface area contributed by atoms with E-state index in [1.54, 1.807) is 27.0 Å². The van der Waals surface area contributed by atoms with E-state index in [0.29, 0.717) is 70.6 Å². The number of H-pyrrole nitrogens is 1. The first-order chi connectivity index (χ1) is 33.1. The maximum Gasteiger partial charge on any atom is 0.246 e. The first-order valence-electron chi connectivity index (χ1n) is 24.4. The fourth-order valence-electron chi connectivity index (χ4n) is 7.35. The van der Waals surface area contributed by atoms with Crippen molar-refractivity contribution in [2.75, 3.05) is 72.5 Å². The lowest BCUT2D eigenvalue weighted by molar-refractivity contribution is -0.136. The van der Waals surface area contributed by atoms with Gasteiger partial charge in [-0.25, -0.2) is 4.98 Å². The van der Waals surface area contributed by atoms with E-state index in [4.69, 9.17) is 36.1 Å². The number of guanidine groups is 1. The minimum Gasteiger partial charge on any atom is -0.378 e. The minimum absolute atomic E-state index is 0.121. The Hall–Kier alpha value is -5.12. The van der Waals surface area contributed by atoms with E-state index < -0.39 is 59.4 Å². The third-order valence-electron chi connectivity index (χ3n) is 11.1. The van der Waals surface area contributed by atoms with Crippen LogP contribution in [0.5, 0.6) is 0 Å². The summed E-state index contributed by atoms with van der Waals surface area (Å²) < 4.78 is 22.1. The quantitative estimate of drug-likeness (QED) is 0.0267. The monoisotopic (exact) mass is 971 g/mol. The molecule has 2 aromatic rings. The van der Waals surface area contributed by atoms with Crippen LogP contribution in [0.4, 0.5) is 0 Å². The van der Waals surface area contributed by atoms with Crippen molar-refractivity contribution in [2.24, 2.45) is 39.9 Å². The molecule has 0 saturated carbocycles. The van der Waals surface area contributed by atoms with Crippen molar-refractivity contribution >= 4 is 41.0 Å². The van der Waals surface area contributed by atoms with Gasteiger partial charge in [0.25, 0.3) is 0 Å². The zero-order valence-electron chi connectivity index (χ0n) is 41.6. The molecule has 0 aliphatic heterocycles. The number of hydrogen-bond donors (Lipinski definition) is 8. The number of carbonyl (C=O) groups excluding carboxylic acids is 6. The number of aromatic amines is 1. The van der Waals surface area contributed by atoms with Crippen LogP contribution in [0, 0.1) is 17.8 Å². The number of nitrogens with one attached hydrogen (secondary N) is 5. The van der Waals surface area contributed by atoms with Gasteiger partial charge in [-0.15, -0.1) is 0 Å². The fourth-order valence-corrected chi connectivity index (χ4v) is 7.35. The van der Waals surface area contributed by atoms with Crippen LogP contribution in [-0.4, -0.2) is 148 Å². The molecular weight excluding hydrogens is 889 g/mol. The summed E-state index contributed by atoms with van der Waals surface area (Å²) >= 11 is 0. The topological polar surface area (TPSA) is 307 Å². The Morgan fingerprint density at radius 3 is 1.94 bits per heavy atom. The second kappa shape index (κ2) is 35.9. The number of Topliss-reactive ketones (excluding diaryl/α,β-unsaturated/α-hetero) is 3. The lowest BCUT2D eigenvalue weighted by atomic mass is 9.87. The molecule has 3 amide bonds. The van der Waals surface area contributed by atoms with E-state index in [0.717, 1.165) is 12.1 Å². The predicted molar refractivity (Wildman–Crippen MR) is 264 cm³/mol. The molecule has 1 aromatic carbocycles. The average Bonchev–Trinajstić information content (AvgIpc) is 3.84. The first kappa shape index (κ1) is 60.0. The lowest BCUT2D eigenvalue weighted by Crippen LogP contribution is -2.50. The molecule has 2 rings (SSSR count). The van der Waals surface area contributed by atoms with Gasteiger partial charge in [0.1, 0.15) is 6.61 Å². The van der Waals surface area contributed by atoms with Gasteiger partial charge in [0, 0.05) is 62.6 Å². The van der Waals surface area contributed by atoms with Crippen molar-refractivity contribution in [1.29, 1.82) is 0 Å². The van der Waals surface area contributed by atoms with Crippen LogP contribution in [0.3, 0.4) is 0 Å². The molecule has 69 heavy (non-hydrogen) atoms. The Morgan fingerprint density at radius 2 is 1.35 bits per heavy atom. The Morgan fingerprint density at radius 1 is 0.710 bits per heavy atom. The number of unbranched alkanes of at least 4 members (excludes halogenated alkanes) is 1. The van der Waals surface area contributed by atoms with Crippen molar-refractivity contribution in [1.82, 2.24) is 31.2 Å².